The number of fused-ring (bicyclic) bond motifs is 1. The highest BCUT2D eigenvalue weighted by Gasteiger charge is 2.23. The molecule has 0 unspecified atom stereocenters. The van der Waals surface area contributed by atoms with Gasteiger partial charge in [0.25, 0.3) is 5.91 Å². The molecule has 2 N–H and O–H groups in total. The maximum Gasteiger partial charge on any atom is 0.251 e. The van der Waals surface area contributed by atoms with Crippen molar-refractivity contribution in [2.45, 2.75) is 18.9 Å². The van der Waals surface area contributed by atoms with Crippen LogP contribution in [-0.2, 0) is 4.79 Å². The molecule has 0 bridgehead atoms. The first-order chi connectivity index (χ1) is 14.1. The van der Waals surface area contributed by atoms with Gasteiger partial charge in [-0.1, -0.05) is 0 Å². The first-order valence-corrected chi connectivity index (χ1v) is 9.50. The Kier molecular flexibility index (Phi) is 5.37. The van der Waals surface area contributed by atoms with Crippen molar-refractivity contribution >= 4 is 23.6 Å². The number of carbonyl (C=O) groups is 2. The summed E-state index contributed by atoms with van der Waals surface area (Å²) in [5, 5.41) is 5.71. The smallest absolute Gasteiger partial charge is 0.251 e. The summed E-state index contributed by atoms with van der Waals surface area (Å²) in [7, 11) is 1.56. The number of anilines is 1. The second-order valence-electron chi connectivity index (χ2n) is 6.90. The van der Waals surface area contributed by atoms with Crippen LogP contribution < -0.4 is 24.8 Å². The number of carbonyl (C=O) groups excluding carboxylic acids is 2. The standard InChI is InChI=1S/C22H22N2O5/c1-27-18-12-14(13-19-21(18)29-11-10-28-19)2-9-20(25)23-16-5-3-15(4-6-16)22(26)24-17-7-8-17/h2-6,9,12-13,17H,7-8,10-11H2,1H3,(H,23,25)(H,24,26). The predicted octanol–water partition coefficient (Wildman–Crippen LogP) is 3.01. The van der Waals surface area contributed by atoms with Crippen LogP contribution in [-0.4, -0.2) is 38.2 Å². The van der Waals surface area contributed by atoms with E-state index in [0.717, 1.165) is 18.4 Å². The number of nitrogens with one attached hydrogen (secondary N) is 2. The number of benzene rings is 2. The maximum atomic E-state index is 12.2. The molecular weight excluding hydrogens is 372 g/mol. The molecule has 7 heteroatoms. The van der Waals surface area contributed by atoms with Crippen LogP contribution in [0.1, 0.15) is 28.8 Å². The number of amides is 2. The molecule has 2 amide bonds. The lowest BCUT2D eigenvalue weighted by Crippen LogP contribution is -2.25. The van der Waals surface area contributed by atoms with Gasteiger partial charge in [-0.05, 0) is 60.9 Å². The van der Waals surface area contributed by atoms with Gasteiger partial charge < -0.3 is 24.8 Å². The molecule has 0 spiro atoms. The van der Waals surface area contributed by atoms with Crippen molar-refractivity contribution in [3.05, 3.63) is 53.6 Å². The molecule has 0 aromatic heterocycles. The summed E-state index contributed by atoms with van der Waals surface area (Å²) in [6.07, 6.45) is 5.19. The molecule has 0 atom stereocenters. The monoisotopic (exact) mass is 394 g/mol. The Morgan fingerprint density at radius 1 is 1.10 bits per heavy atom. The largest absolute Gasteiger partial charge is 0.493 e. The number of hydrogen-bond donors (Lipinski definition) is 2. The summed E-state index contributed by atoms with van der Waals surface area (Å²) >= 11 is 0. The summed E-state index contributed by atoms with van der Waals surface area (Å²) in [5.41, 5.74) is 1.95. The molecule has 7 nitrogen and oxygen atoms in total. The maximum absolute atomic E-state index is 12.2. The number of methoxy groups -OCH3 is 1. The van der Waals surface area contributed by atoms with Gasteiger partial charge in [-0.25, -0.2) is 0 Å². The lowest BCUT2D eigenvalue weighted by atomic mass is 10.1. The third-order valence-corrected chi connectivity index (χ3v) is 4.60. The van der Waals surface area contributed by atoms with Crippen molar-refractivity contribution < 1.29 is 23.8 Å². The van der Waals surface area contributed by atoms with Gasteiger partial charge in [0.2, 0.25) is 11.7 Å². The van der Waals surface area contributed by atoms with Gasteiger partial charge >= 0.3 is 0 Å². The Bertz CT molecular complexity index is 931. The number of ether oxygens (including phenoxy) is 3. The molecule has 1 saturated carbocycles. The Balaban J connectivity index is 1.39. The highest BCUT2D eigenvalue weighted by atomic mass is 16.6. The summed E-state index contributed by atoms with van der Waals surface area (Å²) < 4.78 is 16.5. The molecule has 1 heterocycles. The number of rotatable bonds is 6. The van der Waals surface area contributed by atoms with Crippen LogP contribution in [0.25, 0.3) is 6.08 Å². The van der Waals surface area contributed by atoms with E-state index in [9.17, 15) is 9.59 Å². The zero-order valence-electron chi connectivity index (χ0n) is 16.1. The van der Waals surface area contributed by atoms with E-state index in [4.69, 9.17) is 14.2 Å². The summed E-state index contributed by atoms with van der Waals surface area (Å²) in [6, 6.07) is 10.7. The van der Waals surface area contributed by atoms with Crippen LogP contribution in [0.4, 0.5) is 5.69 Å². The lowest BCUT2D eigenvalue weighted by molar-refractivity contribution is -0.111. The lowest BCUT2D eigenvalue weighted by Gasteiger charge is -2.20. The van der Waals surface area contributed by atoms with E-state index in [1.807, 2.05) is 0 Å². The third kappa shape index (κ3) is 4.68. The van der Waals surface area contributed by atoms with Crippen molar-refractivity contribution in [2.75, 3.05) is 25.6 Å². The fourth-order valence-electron chi connectivity index (χ4n) is 2.95. The molecule has 0 saturated heterocycles. The zero-order chi connectivity index (χ0) is 20.2. The summed E-state index contributed by atoms with van der Waals surface area (Å²) in [4.78, 5) is 24.2. The van der Waals surface area contributed by atoms with E-state index < -0.39 is 0 Å². The van der Waals surface area contributed by atoms with Crippen molar-refractivity contribution in [1.82, 2.24) is 5.32 Å². The molecule has 0 radical (unpaired) electrons. The molecule has 4 rings (SSSR count). The van der Waals surface area contributed by atoms with Gasteiger partial charge in [0, 0.05) is 23.4 Å². The Hall–Kier alpha value is -3.48. The van der Waals surface area contributed by atoms with Gasteiger partial charge in [-0.3, -0.25) is 9.59 Å². The predicted molar refractivity (Wildman–Crippen MR) is 109 cm³/mol. The van der Waals surface area contributed by atoms with Gasteiger partial charge in [-0.15, -0.1) is 0 Å². The van der Waals surface area contributed by atoms with Gasteiger partial charge in [-0.2, -0.15) is 0 Å². The first-order valence-electron chi connectivity index (χ1n) is 9.50. The van der Waals surface area contributed by atoms with Crippen molar-refractivity contribution in [2.24, 2.45) is 0 Å². The Labute approximate surface area is 168 Å². The fraction of sp³-hybridized carbons (Fsp3) is 0.273. The van der Waals surface area contributed by atoms with Crippen LogP contribution in [0.5, 0.6) is 17.2 Å². The van der Waals surface area contributed by atoms with E-state index in [-0.39, 0.29) is 11.8 Å². The van der Waals surface area contributed by atoms with Gasteiger partial charge in [0.1, 0.15) is 13.2 Å². The average Bonchev–Trinajstić information content (AvgIpc) is 3.56. The molecule has 1 aliphatic carbocycles. The molecule has 150 valence electrons. The molecule has 2 aromatic carbocycles. The molecule has 2 aromatic rings. The first kappa shape index (κ1) is 18.9. The number of hydrogen-bond acceptors (Lipinski definition) is 5. The van der Waals surface area contributed by atoms with Crippen LogP contribution in [0.3, 0.4) is 0 Å². The van der Waals surface area contributed by atoms with Gasteiger partial charge in [0.05, 0.1) is 7.11 Å². The van der Waals surface area contributed by atoms with Crippen molar-refractivity contribution in [3.63, 3.8) is 0 Å². The minimum absolute atomic E-state index is 0.0853. The molecule has 1 fully saturated rings. The normalized spacial score (nSPS) is 15.1. The molecular formula is C22H22N2O5. The molecule has 29 heavy (non-hydrogen) atoms. The van der Waals surface area contributed by atoms with E-state index in [0.29, 0.717) is 47.8 Å². The SMILES string of the molecule is COc1cc(C=CC(=O)Nc2ccc(C(=O)NC3CC3)cc2)cc2c1OCCO2. The third-order valence-electron chi connectivity index (χ3n) is 4.60. The summed E-state index contributed by atoms with van der Waals surface area (Å²) in [5.74, 6) is 1.36. The van der Waals surface area contributed by atoms with Crippen LogP contribution in [0.15, 0.2) is 42.5 Å². The highest BCUT2D eigenvalue weighted by molar-refractivity contribution is 6.02. The van der Waals surface area contributed by atoms with E-state index in [2.05, 4.69) is 10.6 Å². The van der Waals surface area contributed by atoms with Gasteiger partial charge in [0.15, 0.2) is 11.5 Å². The average molecular weight is 394 g/mol. The van der Waals surface area contributed by atoms with E-state index in [1.165, 1.54) is 6.08 Å². The molecule has 2 aliphatic rings. The minimum atomic E-state index is -0.283. The van der Waals surface area contributed by atoms with E-state index in [1.54, 1.807) is 49.6 Å². The summed E-state index contributed by atoms with van der Waals surface area (Å²) in [6.45, 7) is 0.945. The fourth-order valence-corrected chi connectivity index (χ4v) is 2.95. The Morgan fingerprint density at radius 2 is 1.86 bits per heavy atom. The van der Waals surface area contributed by atoms with Crippen molar-refractivity contribution in [1.29, 1.82) is 0 Å². The van der Waals surface area contributed by atoms with E-state index >= 15 is 0 Å². The second kappa shape index (κ2) is 8.26. The van der Waals surface area contributed by atoms with Crippen molar-refractivity contribution in [3.8, 4) is 17.2 Å². The van der Waals surface area contributed by atoms with Crippen LogP contribution in [0.2, 0.25) is 0 Å². The topological polar surface area (TPSA) is 85.9 Å². The Morgan fingerprint density at radius 3 is 2.59 bits per heavy atom. The quantitative estimate of drug-likeness (QED) is 0.736. The highest BCUT2D eigenvalue weighted by Crippen LogP contribution is 2.40. The van der Waals surface area contributed by atoms with Crippen LogP contribution in [0, 0.1) is 0 Å². The minimum Gasteiger partial charge on any atom is -0.493 e. The second-order valence-corrected chi connectivity index (χ2v) is 6.90. The molecule has 1 aliphatic heterocycles. The van der Waals surface area contributed by atoms with Crippen LogP contribution >= 0.6 is 0 Å². The zero-order valence-corrected chi connectivity index (χ0v) is 16.1.